The maximum atomic E-state index is 7.10. The van der Waals surface area contributed by atoms with Gasteiger partial charge in [0.15, 0.2) is 0 Å². The lowest BCUT2D eigenvalue weighted by atomic mass is 10.9. The fourth-order valence-corrected chi connectivity index (χ4v) is 163. The van der Waals surface area contributed by atoms with Crippen molar-refractivity contribution in [3.63, 3.8) is 0 Å². The van der Waals surface area contributed by atoms with Crippen LogP contribution in [0.4, 0.5) is 0 Å². The van der Waals surface area contributed by atoms with E-state index >= 15 is 0 Å². The lowest BCUT2D eigenvalue weighted by Crippen LogP contribution is -3.13. The smallest absolute Gasteiger partial charge is 0.393 e. The summed E-state index contributed by atoms with van der Waals surface area (Å²) < 4.78 is 85.2. The third-order valence-corrected chi connectivity index (χ3v) is 95.3. The van der Waals surface area contributed by atoms with Crippen LogP contribution in [-0.4, -0.2) is 125 Å². The molecular weight excluding hydrogens is 649 g/mol. The van der Waals surface area contributed by atoms with Crippen LogP contribution in [0.15, 0.2) is 0 Å². The molecule has 12 nitrogen and oxygen atoms in total. The minimum atomic E-state index is -4.01. The first kappa shape index (κ1) is 40.8. The molecule has 0 amide bonds. The van der Waals surface area contributed by atoms with E-state index in [-0.39, 0.29) is 0 Å². The first-order valence-corrected chi connectivity index (χ1v) is 32.8. The first-order valence-electron chi connectivity index (χ1n) is 15.9. The van der Waals surface area contributed by atoms with E-state index in [1.165, 1.54) is 0 Å². The van der Waals surface area contributed by atoms with Crippen LogP contribution >= 0.6 is 0 Å². The van der Waals surface area contributed by atoms with Crippen LogP contribution in [-0.2, 0) is 53.1 Å². The molecule has 0 radical (unpaired) electrons. The standard InChI is InChI=1S/C24H60O12Si6/c1-13-25-37(26-14-2)38(27-15-3,28-16-4)40(31-19-7,32-20-8)42(35-23-11,36-24-12)41(33-21-9,34-22-10)39(37,29-17-5)30-18-6/h13-24H2,1-12H3. The Balaban J connectivity index is 5.03. The fraction of sp³-hybridized carbons (Fsp3) is 1.00. The van der Waals surface area contributed by atoms with Gasteiger partial charge in [0.1, 0.15) is 0 Å². The van der Waals surface area contributed by atoms with E-state index in [9.17, 15) is 0 Å². The minimum absolute atomic E-state index is 0.305. The van der Waals surface area contributed by atoms with Gasteiger partial charge in [-0.15, -0.1) is 0 Å². The molecule has 0 aromatic carbocycles. The van der Waals surface area contributed by atoms with Crippen molar-refractivity contribution < 1.29 is 53.1 Å². The molecule has 1 fully saturated rings. The molecule has 252 valence electrons. The van der Waals surface area contributed by atoms with Gasteiger partial charge < -0.3 is 53.1 Å². The number of hydrogen-bond donors (Lipinski definition) is 0. The Labute approximate surface area is 260 Å². The SMILES string of the molecule is CCO[Si]1(OCC)[Si](OCC)(OCC)[Si](OCC)(OCC)[Si](OCC)(OCC)[Si](OCC)(OCC)[Si]1(OCC)OCC. The Morgan fingerprint density at radius 2 is 0.262 bits per heavy atom. The highest BCUT2D eigenvalue weighted by atomic mass is 30.2. The molecule has 42 heavy (non-hydrogen) atoms. The summed E-state index contributed by atoms with van der Waals surface area (Å²) in [5.41, 5.74) is 0. The Kier molecular flexibility index (Phi) is 18.3. The minimum Gasteiger partial charge on any atom is -0.393 e. The van der Waals surface area contributed by atoms with Crippen LogP contribution in [0.1, 0.15) is 83.1 Å². The van der Waals surface area contributed by atoms with Gasteiger partial charge in [-0.25, -0.2) is 0 Å². The van der Waals surface area contributed by atoms with Gasteiger partial charge in [0, 0.05) is 79.3 Å². The van der Waals surface area contributed by atoms with Crippen molar-refractivity contribution in [1.29, 1.82) is 0 Å². The maximum Gasteiger partial charge on any atom is 0.433 e. The Morgan fingerprint density at radius 3 is 0.310 bits per heavy atom. The molecule has 0 atom stereocenters. The van der Waals surface area contributed by atoms with Crippen molar-refractivity contribution in [1.82, 2.24) is 0 Å². The molecule has 1 aliphatic heterocycles. The van der Waals surface area contributed by atoms with Crippen LogP contribution in [0.25, 0.3) is 0 Å². The van der Waals surface area contributed by atoms with Crippen LogP contribution in [0.3, 0.4) is 0 Å². The van der Waals surface area contributed by atoms with Crippen LogP contribution in [0.5, 0.6) is 0 Å². The van der Waals surface area contributed by atoms with Gasteiger partial charge in [-0.05, 0) is 83.1 Å². The molecule has 0 bridgehead atoms. The molecule has 0 saturated carbocycles. The maximum absolute atomic E-state index is 7.10. The second kappa shape index (κ2) is 18.8. The van der Waals surface area contributed by atoms with Gasteiger partial charge in [-0.2, -0.15) is 0 Å². The zero-order valence-corrected chi connectivity index (χ0v) is 34.4. The topological polar surface area (TPSA) is 111 Å². The predicted molar refractivity (Wildman–Crippen MR) is 174 cm³/mol. The van der Waals surface area contributed by atoms with Crippen molar-refractivity contribution in [2.24, 2.45) is 0 Å². The van der Waals surface area contributed by atoms with Crippen LogP contribution in [0.2, 0.25) is 0 Å². The molecule has 18 heteroatoms. The van der Waals surface area contributed by atoms with Crippen LogP contribution in [0, 0.1) is 0 Å². The number of rotatable bonds is 24. The predicted octanol–water partition coefficient (Wildman–Crippen LogP) is 3.56. The second-order valence-corrected chi connectivity index (χ2v) is 52.5. The monoisotopic (exact) mass is 708 g/mol. The lowest BCUT2D eigenvalue weighted by molar-refractivity contribution is 0.0940. The molecule has 0 unspecified atom stereocenters. The van der Waals surface area contributed by atoms with E-state index in [2.05, 4.69) is 0 Å². The van der Waals surface area contributed by atoms with E-state index in [0.29, 0.717) is 79.3 Å². The second-order valence-electron chi connectivity index (χ2n) is 8.90. The Morgan fingerprint density at radius 1 is 0.190 bits per heavy atom. The van der Waals surface area contributed by atoms with Gasteiger partial charge in [-0.3, -0.25) is 0 Å². The highest BCUT2D eigenvalue weighted by Gasteiger charge is 3.09. The molecule has 0 N–H and O–H groups in total. The van der Waals surface area contributed by atoms with E-state index in [4.69, 9.17) is 53.1 Å². The molecule has 0 spiro atoms. The van der Waals surface area contributed by atoms with Gasteiger partial charge in [0.25, 0.3) is 0 Å². The summed E-state index contributed by atoms with van der Waals surface area (Å²) in [5.74, 6) is 0. The summed E-state index contributed by atoms with van der Waals surface area (Å²) in [6.45, 7) is 27.0. The van der Waals surface area contributed by atoms with Crippen molar-refractivity contribution in [2.45, 2.75) is 83.1 Å². The summed E-state index contributed by atoms with van der Waals surface area (Å²) in [6, 6.07) is 0. The average molecular weight is 709 g/mol. The van der Waals surface area contributed by atoms with Gasteiger partial charge in [0.2, 0.25) is 0 Å². The Hall–Kier alpha value is 0.821. The van der Waals surface area contributed by atoms with Crippen LogP contribution < -0.4 is 0 Å². The van der Waals surface area contributed by atoms with Gasteiger partial charge >= 0.3 is 45.6 Å². The van der Waals surface area contributed by atoms with E-state index in [0.717, 1.165) is 0 Å². The third kappa shape index (κ3) is 6.12. The van der Waals surface area contributed by atoms with Gasteiger partial charge in [0.05, 0.1) is 0 Å². The molecular formula is C24H60O12Si6. The summed E-state index contributed by atoms with van der Waals surface area (Å²) in [7, 11) is -24.0. The summed E-state index contributed by atoms with van der Waals surface area (Å²) in [4.78, 5) is 0. The quantitative estimate of drug-likeness (QED) is 0.137. The van der Waals surface area contributed by atoms with Crippen molar-refractivity contribution in [3.05, 3.63) is 0 Å². The average Bonchev–Trinajstić information content (AvgIpc) is 2.95. The highest BCUT2D eigenvalue weighted by molar-refractivity contribution is 8.06. The van der Waals surface area contributed by atoms with Crippen molar-refractivity contribution in [2.75, 3.05) is 79.3 Å². The Bertz CT molecular complexity index is 540. The summed E-state index contributed by atoms with van der Waals surface area (Å²) >= 11 is 0. The molecule has 1 saturated heterocycles. The largest absolute Gasteiger partial charge is 0.433 e. The first-order chi connectivity index (χ1) is 20.2. The molecule has 1 aliphatic rings. The molecule has 0 aromatic rings. The van der Waals surface area contributed by atoms with Crippen molar-refractivity contribution in [3.8, 4) is 0 Å². The third-order valence-electron chi connectivity index (χ3n) is 6.77. The fourth-order valence-electron chi connectivity index (χ4n) is 6.27. The van der Waals surface area contributed by atoms with E-state index < -0.39 is 45.6 Å². The highest BCUT2D eigenvalue weighted by Crippen LogP contribution is 2.56. The normalized spacial score (nSPS) is 21.4. The summed E-state index contributed by atoms with van der Waals surface area (Å²) in [5, 5.41) is 0. The molecule has 1 rings (SSSR count). The van der Waals surface area contributed by atoms with E-state index in [1.54, 1.807) is 0 Å². The van der Waals surface area contributed by atoms with Crippen molar-refractivity contribution >= 4 is 45.6 Å². The summed E-state index contributed by atoms with van der Waals surface area (Å²) in [6.07, 6.45) is 0. The number of hydrogen-bond acceptors (Lipinski definition) is 12. The van der Waals surface area contributed by atoms with E-state index in [1.807, 2.05) is 83.1 Å². The zero-order chi connectivity index (χ0) is 32.0. The zero-order valence-electron chi connectivity index (χ0n) is 28.4. The molecule has 0 aliphatic carbocycles. The lowest BCUT2D eigenvalue weighted by Gasteiger charge is -2.66. The van der Waals surface area contributed by atoms with Gasteiger partial charge in [-0.1, -0.05) is 0 Å². The molecule has 0 aromatic heterocycles. The molecule has 1 heterocycles.